The molecule has 0 saturated heterocycles. The van der Waals surface area contributed by atoms with Crippen molar-refractivity contribution >= 4 is 22.7 Å². The first-order chi connectivity index (χ1) is 13.1. The molecular weight excluding hydrogens is 339 g/mol. The van der Waals surface area contributed by atoms with Gasteiger partial charge in [-0.05, 0) is 61.9 Å². The number of hydrogen-bond acceptors (Lipinski definition) is 2. The number of aromatic nitrogens is 3. The van der Waals surface area contributed by atoms with Gasteiger partial charge in [-0.2, -0.15) is 5.26 Å². The van der Waals surface area contributed by atoms with Gasteiger partial charge in [0.25, 0.3) is 0 Å². The summed E-state index contributed by atoms with van der Waals surface area (Å²) in [4.78, 5) is 7.69. The molecule has 0 amide bonds. The number of nitrogens with one attached hydrogen (secondary N) is 1. The van der Waals surface area contributed by atoms with Crippen molar-refractivity contribution in [3.63, 3.8) is 0 Å². The van der Waals surface area contributed by atoms with Crippen LogP contribution >= 0.6 is 0 Å². The van der Waals surface area contributed by atoms with Crippen molar-refractivity contribution in [1.82, 2.24) is 14.5 Å². The molecule has 0 atom stereocenters. The number of rotatable bonds is 3. The van der Waals surface area contributed by atoms with Crippen LogP contribution in [0, 0.1) is 31.0 Å². The molecule has 0 unspecified atom stereocenters. The molecule has 2 heterocycles. The Balaban J connectivity index is 1.81. The SMILES string of the molecule is Cc1cc(/C=C(/C#N)c2nc3ccccc3[nH]2)c(C)n1-c1cccc(F)c1. The van der Waals surface area contributed by atoms with Gasteiger partial charge in [0.05, 0.1) is 16.6 Å². The van der Waals surface area contributed by atoms with Gasteiger partial charge in [0.15, 0.2) is 0 Å². The Labute approximate surface area is 156 Å². The number of benzene rings is 2. The fourth-order valence-corrected chi connectivity index (χ4v) is 3.34. The number of aryl methyl sites for hydroxylation is 1. The van der Waals surface area contributed by atoms with Crippen LogP contribution in [0.5, 0.6) is 0 Å². The van der Waals surface area contributed by atoms with Gasteiger partial charge in [-0.15, -0.1) is 0 Å². The number of para-hydroxylation sites is 2. The van der Waals surface area contributed by atoms with Gasteiger partial charge in [0.2, 0.25) is 0 Å². The number of aromatic amines is 1. The minimum absolute atomic E-state index is 0.280. The monoisotopic (exact) mass is 356 g/mol. The third-order valence-corrected chi connectivity index (χ3v) is 4.60. The van der Waals surface area contributed by atoms with E-state index in [0.29, 0.717) is 11.4 Å². The molecule has 27 heavy (non-hydrogen) atoms. The minimum Gasteiger partial charge on any atom is -0.337 e. The van der Waals surface area contributed by atoms with E-state index in [1.54, 1.807) is 6.07 Å². The van der Waals surface area contributed by atoms with Gasteiger partial charge in [-0.1, -0.05) is 18.2 Å². The third kappa shape index (κ3) is 3.02. The number of fused-ring (bicyclic) bond motifs is 1. The van der Waals surface area contributed by atoms with Crippen molar-refractivity contribution in [2.24, 2.45) is 0 Å². The first kappa shape index (κ1) is 16.8. The van der Waals surface area contributed by atoms with Crippen molar-refractivity contribution in [2.75, 3.05) is 0 Å². The second-order valence-corrected chi connectivity index (χ2v) is 6.41. The summed E-state index contributed by atoms with van der Waals surface area (Å²) in [6.45, 7) is 3.92. The van der Waals surface area contributed by atoms with Crippen molar-refractivity contribution in [2.45, 2.75) is 13.8 Å². The highest BCUT2D eigenvalue weighted by atomic mass is 19.1. The molecule has 0 aliphatic carbocycles. The Morgan fingerprint density at radius 2 is 1.96 bits per heavy atom. The quantitative estimate of drug-likeness (QED) is 0.515. The van der Waals surface area contributed by atoms with Crippen LogP contribution in [-0.2, 0) is 0 Å². The van der Waals surface area contributed by atoms with E-state index in [-0.39, 0.29) is 5.82 Å². The molecule has 4 nitrogen and oxygen atoms in total. The predicted molar refractivity (Wildman–Crippen MR) is 105 cm³/mol. The molecule has 0 aliphatic heterocycles. The standard InChI is InChI=1S/C22H17FN4/c1-14-10-16(15(2)27(14)19-7-5-6-18(23)12-19)11-17(13-24)22-25-20-8-3-4-9-21(20)26-22/h3-12H,1-2H3,(H,25,26)/b17-11-. The van der Waals surface area contributed by atoms with E-state index < -0.39 is 0 Å². The molecular formula is C22H17FN4. The number of H-pyrrole nitrogens is 1. The van der Waals surface area contributed by atoms with Crippen LogP contribution in [-0.4, -0.2) is 14.5 Å². The summed E-state index contributed by atoms with van der Waals surface area (Å²) in [6, 6.07) is 18.4. The minimum atomic E-state index is -0.280. The molecule has 4 rings (SSSR count). The maximum Gasteiger partial charge on any atom is 0.149 e. The summed E-state index contributed by atoms with van der Waals surface area (Å²) in [7, 11) is 0. The zero-order chi connectivity index (χ0) is 19.0. The number of imidazole rings is 1. The summed E-state index contributed by atoms with van der Waals surface area (Å²) in [5.74, 6) is 0.256. The lowest BCUT2D eigenvalue weighted by atomic mass is 10.1. The van der Waals surface area contributed by atoms with Crippen molar-refractivity contribution in [1.29, 1.82) is 5.26 Å². The number of nitrogens with zero attached hydrogens (tertiary/aromatic N) is 3. The van der Waals surface area contributed by atoms with E-state index in [0.717, 1.165) is 33.7 Å². The molecule has 5 heteroatoms. The Morgan fingerprint density at radius 3 is 2.70 bits per heavy atom. The number of hydrogen-bond donors (Lipinski definition) is 1. The van der Waals surface area contributed by atoms with Crippen LogP contribution in [0.15, 0.2) is 54.6 Å². The van der Waals surface area contributed by atoms with E-state index in [1.165, 1.54) is 12.1 Å². The smallest absolute Gasteiger partial charge is 0.149 e. The molecule has 2 aromatic carbocycles. The third-order valence-electron chi connectivity index (χ3n) is 4.60. The Bertz CT molecular complexity index is 1190. The van der Waals surface area contributed by atoms with Gasteiger partial charge in [0.1, 0.15) is 17.7 Å². The van der Waals surface area contributed by atoms with Crippen LogP contribution < -0.4 is 0 Å². The number of nitriles is 1. The van der Waals surface area contributed by atoms with E-state index >= 15 is 0 Å². The van der Waals surface area contributed by atoms with Crippen LogP contribution in [0.2, 0.25) is 0 Å². The van der Waals surface area contributed by atoms with Gasteiger partial charge in [-0.3, -0.25) is 0 Å². The summed E-state index contributed by atoms with van der Waals surface area (Å²) in [5, 5.41) is 9.65. The van der Waals surface area contributed by atoms with Crippen LogP contribution in [0.3, 0.4) is 0 Å². The molecule has 0 saturated carbocycles. The highest BCUT2D eigenvalue weighted by molar-refractivity contribution is 5.90. The molecule has 2 aromatic heterocycles. The maximum atomic E-state index is 13.6. The Hall–Kier alpha value is -3.65. The van der Waals surface area contributed by atoms with Gasteiger partial charge in [0, 0.05) is 17.1 Å². The number of allylic oxidation sites excluding steroid dienone is 1. The first-order valence-corrected chi connectivity index (χ1v) is 8.58. The summed E-state index contributed by atoms with van der Waals surface area (Å²) >= 11 is 0. The van der Waals surface area contributed by atoms with Gasteiger partial charge < -0.3 is 9.55 Å². The maximum absolute atomic E-state index is 13.6. The van der Waals surface area contributed by atoms with Crippen molar-refractivity contribution < 1.29 is 4.39 Å². The average molecular weight is 356 g/mol. The number of halogens is 1. The molecule has 0 radical (unpaired) electrons. The lowest BCUT2D eigenvalue weighted by molar-refractivity contribution is 0.626. The fourth-order valence-electron chi connectivity index (χ4n) is 3.34. The Kier molecular flexibility index (Phi) is 4.09. The lowest BCUT2D eigenvalue weighted by Crippen LogP contribution is -1.99. The van der Waals surface area contributed by atoms with Gasteiger partial charge in [-0.25, -0.2) is 9.37 Å². The van der Waals surface area contributed by atoms with Crippen molar-refractivity contribution in [3.8, 4) is 11.8 Å². The van der Waals surface area contributed by atoms with Crippen LogP contribution in [0.1, 0.15) is 22.8 Å². The zero-order valence-corrected chi connectivity index (χ0v) is 15.0. The molecule has 1 N–H and O–H groups in total. The Morgan fingerprint density at radius 1 is 1.15 bits per heavy atom. The van der Waals surface area contributed by atoms with E-state index in [1.807, 2.05) is 60.9 Å². The lowest BCUT2D eigenvalue weighted by Gasteiger charge is -2.09. The second-order valence-electron chi connectivity index (χ2n) is 6.41. The summed E-state index contributed by atoms with van der Waals surface area (Å²) in [5.41, 5.74) is 5.71. The van der Waals surface area contributed by atoms with E-state index in [2.05, 4.69) is 16.0 Å². The van der Waals surface area contributed by atoms with Crippen LogP contribution in [0.4, 0.5) is 4.39 Å². The van der Waals surface area contributed by atoms with E-state index in [4.69, 9.17) is 0 Å². The molecule has 0 bridgehead atoms. The molecule has 132 valence electrons. The highest BCUT2D eigenvalue weighted by Crippen LogP contribution is 2.25. The van der Waals surface area contributed by atoms with Crippen molar-refractivity contribution in [3.05, 3.63) is 83.2 Å². The first-order valence-electron chi connectivity index (χ1n) is 8.58. The normalized spacial score (nSPS) is 11.7. The fraction of sp³-hybridized carbons (Fsp3) is 0.0909. The predicted octanol–water partition coefficient (Wildman–Crippen LogP) is 5.17. The van der Waals surface area contributed by atoms with Gasteiger partial charge >= 0.3 is 0 Å². The molecule has 4 aromatic rings. The molecule has 0 aliphatic rings. The summed E-state index contributed by atoms with van der Waals surface area (Å²) < 4.78 is 15.6. The zero-order valence-electron chi connectivity index (χ0n) is 15.0. The average Bonchev–Trinajstić information content (AvgIpc) is 3.20. The van der Waals surface area contributed by atoms with Crippen LogP contribution in [0.25, 0.3) is 28.4 Å². The largest absolute Gasteiger partial charge is 0.337 e. The van der Waals surface area contributed by atoms with E-state index in [9.17, 15) is 9.65 Å². The highest BCUT2D eigenvalue weighted by Gasteiger charge is 2.13. The second kappa shape index (κ2) is 6.58. The summed E-state index contributed by atoms with van der Waals surface area (Å²) in [6.07, 6.45) is 1.82. The molecule has 0 fully saturated rings. The topological polar surface area (TPSA) is 57.4 Å². The molecule has 0 spiro atoms.